The summed E-state index contributed by atoms with van der Waals surface area (Å²) in [6, 6.07) is 6.80. The maximum Gasteiger partial charge on any atom is 0.349 e. The molecule has 1 amide bonds. The van der Waals surface area contributed by atoms with Gasteiger partial charge >= 0.3 is 11.9 Å². The summed E-state index contributed by atoms with van der Waals surface area (Å²) in [6.07, 6.45) is 0. The predicted molar refractivity (Wildman–Crippen MR) is 58.0 cm³/mol. The molecule has 0 saturated carbocycles. The van der Waals surface area contributed by atoms with Crippen LogP contribution < -0.4 is 10.7 Å². The van der Waals surface area contributed by atoms with E-state index in [1.807, 2.05) is 0 Å². The van der Waals surface area contributed by atoms with Gasteiger partial charge in [0.15, 0.2) is 0 Å². The summed E-state index contributed by atoms with van der Waals surface area (Å²) < 4.78 is 0. The average Bonchev–Trinajstić information content (AvgIpc) is 2.35. The van der Waals surface area contributed by atoms with Crippen LogP contribution in [0.15, 0.2) is 39.4 Å². The SMILES string of the molecule is O=C(CCl)O/N=C1/N=c2ccccc2=NC1=O. The maximum atomic E-state index is 11.4. The van der Waals surface area contributed by atoms with Gasteiger partial charge in [-0.3, -0.25) is 4.79 Å². The number of para-hydroxylation sites is 2. The van der Waals surface area contributed by atoms with Gasteiger partial charge in [-0.1, -0.05) is 12.1 Å². The second-order valence-corrected chi connectivity index (χ2v) is 3.30. The van der Waals surface area contributed by atoms with Crippen LogP contribution >= 0.6 is 11.6 Å². The minimum absolute atomic E-state index is 0.276. The average molecular weight is 252 g/mol. The van der Waals surface area contributed by atoms with E-state index >= 15 is 0 Å². The third-order valence-electron chi connectivity index (χ3n) is 1.86. The first-order valence-corrected chi connectivity index (χ1v) is 5.15. The number of hydrogen-bond donors (Lipinski definition) is 0. The van der Waals surface area contributed by atoms with Gasteiger partial charge in [0.05, 0.1) is 10.7 Å². The van der Waals surface area contributed by atoms with E-state index in [0.29, 0.717) is 10.7 Å². The molecule has 1 aliphatic heterocycles. The van der Waals surface area contributed by atoms with Crippen molar-refractivity contribution in [3.63, 3.8) is 0 Å². The van der Waals surface area contributed by atoms with Crippen molar-refractivity contribution in [2.75, 3.05) is 5.88 Å². The standard InChI is InChI=1S/C10H6ClN3O3/c11-5-8(15)17-14-9-10(16)13-7-4-2-1-3-6(7)12-9/h1-4H,5H2/b14-9+. The molecular weight excluding hydrogens is 246 g/mol. The predicted octanol–water partition coefficient (Wildman–Crippen LogP) is -0.438. The molecule has 6 nitrogen and oxygen atoms in total. The Bertz CT molecular complexity index is 624. The first-order chi connectivity index (χ1) is 8.20. The molecule has 0 saturated heterocycles. The van der Waals surface area contributed by atoms with E-state index in [1.54, 1.807) is 24.3 Å². The summed E-state index contributed by atoms with van der Waals surface area (Å²) in [5.74, 6) is -2.05. The molecule has 1 aliphatic rings. The van der Waals surface area contributed by atoms with Crippen LogP contribution in [0.4, 0.5) is 0 Å². The molecule has 1 aromatic rings. The zero-order chi connectivity index (χ0) is 12.3. The highest BCUT2D eigenvalue weighted by molar-refractivity contribution is 6.38. The van der Waals surface area contributed by atoms with E-state index < -0.39 is 11.9 Å². The number of fused-ring (bicyclic) bond motifs is 1. The number of amidine groups is 1. The number of amides is 1. The van der Waals surface area contributed by atoms with Crippen LogP contribution in [0.1, 0.15) is 0 Å². The molecule has 0 aromatic heterocycles. The summed E-state index contributed by atoms with van der Waals surface area (Å²) in [5, 5.41) is 4.26. The highest BCUT2D eigenvalue weighted by atomic mass is 35.5. The Balaban J connectivity index is 2.37. The topological polar surface area (TPSA) is 80.4 Å². The molecule has 0 bridgehead atoms. The van der Waals surface area contributed by atoms with Crippen LogP contribution in [0, 0.1) is 0 Å². The van der Waals surface area contributed by atoms with Crippen molar-refractivity contribution in [3.05, 3.63) is 35.0 Å². The van der Waals surface area contributed by atoms with Crippen LogP contribution in [-0.4, -0.2) is 23.6 Å². The molecule has 0 N–H and O–H groups in total. The molecule has 0 atom stereocenters. The second kappa shape index (κ2) is 4.84. The molecule has 1 aromatic carbocycles. The number of nitrogens with zero attached hydrogens (tertiary/aromatic N) is 3. The minimum Gasteiger partial charge on any atom is -0.315 e. The van der Waals surface area contributed by atoms with Crippen molar-refractivity contribution in [3.8, 4) is 0 Å². The Labute approximate surface area is 100 Å². The molecule has 0 unspecified atom stereocenters. The van der Waals surface area contributed by atoms with Gasteiger partial charge < -0.3 is 4.84 Å². The quantitative estimate of drug-likeness (QED) is 0.406. The zero-order valence-electron chi connectivity index (χ0n) is 8.46. The molecule has 1 heterocycles. The number of carbonyl (C=O) groups excluding carboxylic acids is 2. The fourth-order valence-corrected chi connectivity index (χ4v) is 1.20. The summed E-state index contributed by atoms with van der Waals surface area (Å²) in [6.45, 7) is 0. The Kier molecular flexibility index (Phi) is 3.24. The van der Waals surface area contributed by atoms with Gasteiger partial charge in [-0.15, -0.1) is 11.6 Å². The van der Waals surface area contributed by atoms with Crippen molar-refractivity contribution in [1.82, 2.24) is 0 Å². The van der Waals surface area contributed by atoms with Crippen molar-refractivity contribution in [2.45, 2.75) is 0 Å². The third kappa shape index (κ3) is 2.54. The largest absolute Gasteiger partial charge is 0.349 e. The van der Waals surface area contributed by atoms with E-state index in [1.165, 1.54) is 0 Å². The monoisotopic (exact) mass is 251 g/mol. The lowest BCUT2D eigenvalue weighted by molar-refractivity contribution is -0.140. The third-order valence-corrected chi connectivity index (χ3v) is 2.08. The molecular formula is C10H6ClN3O3. The lowest BCUT2D eigenvalue weighted by Gasteiger charge is -2.00. The van der Waals surface area contributed by atoms with Crippen molar-refractivity contribution in [1.29, 1.82) is 0 Å². The molecule has 0 aliphatic carbocycles. The normalized spacial score (nSPS) is 15.8. The number of alkyl halides is 1. The van der Waals surface area contributed by atoms with Gasteiger partial charge in [0.1, 0.15) is 5.88 Å². The van der Waals surface area contributed by atoms with Gasteiger partial charge in [0, 0.05) is 0 Å². The highest BCUT2D eigenvalue weighted by Crippen LogP contribution is 1.92. The molecule has 17 heavy (non-hydrogen) atoms. The Morgan fingerprint density at radius 1 is 1.29 bits per heavy atom. The molecule has 0 fully saturated rings. The fraction of sp³-hybridized carbons (Fsp3) is 0.100. The van der Waals surface area contributed by atoms with Crippen LogP contribution in [0.2, 0.25) is 0 Å². The Morgan fingerprint density at radius 2 is 1.94 bits per heavy atom. The minimum atomic E-state index is -0.763. The van der Waals surface area contributed by atoms with E-state index in [4.69, 9.17) is 11.6 Å². The number of halogens is 1. The summed E-state index contributed by atoms with van der Waals surface area (Å²) in [7, 11) is 0. The van der Waals surface area contributed by atoms with E-state index in [9.17, 15) is 9.59 Å². The van der Waals surface area contributed by atoms with Crippen molar-refractivity contribution < 1.29 is 14.4 Å². The van der Waals surface area contributed by atoms with Crippen molar-refractivity contribution in [2.24, 2.45) is 15.1 Å². The smallest absolute Gasteiger partial charge is 0.315 e. The summed E-state index contributed by atoms with van der Waals surface area (Å²) >= 11 is 5.20. The summed E-state index contributed by atoms with van der Waals surface area (Å²) in [4.78, 5) is 34.2. The lowest BCUT2D eigenvalue weighted by Crippen LogP contribution is -2.34. The number of oxime groups is 1. The van der Waals surface area contributed by atoms with Gasteiger partial charge in [0.2, 0.25) is 0 Å². The van der Waals surface area contributed by atoms with Crippen LogP contribution in [0.3, 0.4) is 0 Å². The van der Waals surface area contributed by atoms with E-state index in [0.717, 1.165) is 0 Å². The maximum absolute atomic E-state index is 11.4. The first kappa shape index (κ1) is 11.4. The highest BCUT2D eigenvalue weighted by Gasteiger charge is 2.15. The molecule has 86 valence electrons. The molecule has 0 spiro atoms. The number of carbonyl (C=O) groups is 2. The number of rotatable bonds is 2. The molecule has 2 rings (SSSR count). The fourth-order valence-electron chi connectivity index (χ4n) is 1.15. The Hall–Kier alpha value is -2.08. The number of hydrogen-bond acceptors (Lipinski definition) is 4. The molecule has 0 radical (unpaired) electrons. The van der Waals surface area contributed by atoms with E-state index in [2.05, 4.69) is 20.0 Å². The van der Waals surface area contributed by atoms with Gasteiger partial charge in [-0.25, -0.2) is 14.8 Å². The Morgan fingerprint density at radius 3 is 2.59 bits per heavy atom. The summed E-state index contributed by atoms with van der Waals surface area (Å²) in [5.41, 5.74) is 0. The number of benzene rings is 1. The van der Waals surface area contributed by atoms with Gasteiger partial charge in [-0.2, -0.15) is 0 Å². The van der Waals surface area contributed by atoms with Crippen LogP contribution in [0.5, 0.6) is 0 Å². The van der Waals surface area contributed by atoms with Gasteiger partial charge in [-0.05, 0) is 17.3 Å². The first-order valence-electron chi connectivity index (χ1n) is 4.61. The van der Waals surface area contributed by atoms with E-state index in [-0.39, 0.29) is 11.7 Å². The van der Waals surface area contributed by atoms with Gasteiger partial charge in [0.25, 0.3) is 5.84 Å². The lowest BCUT2D eigenvalue weighted by atomic mass is 10.3. The van der Waals surface area contributed by atoms with Crippen LogP contribution in [-0.2, 0) is 14.4 Å². The van der Waals surface area contributed by atoms with Crippen LogP contribution in [0.25, 0.3) is 0 Å². The second-order valence-electron chi connectivity index (χ2n) is 3.03. The van der Waals surface area contributed by atoms with Crippen molar-refractivity contribution >= 4 is 29.3 Å². The zero-order valence-corrected chi connectivity index (χ0v) is 9.22. The molecule has 7 heteroatoms.